The SMILES string of the molecule is CNC(C)c1ccc(Oc2ccc(C)c(C)c2)cn1. The van der Waals surface area contributed by atoms with Crippen LogP contribution in [0.1, 0.15) is 29.8 Å². The van der Waals surface area contributed by atoms with Gasteiger partial charge in [0.25, 0.3) is 0 Å². The highest BCUT2D eigenvalue weighted by Gasteiger charge is 2.05. The van der Waals surface area contributed by atoms with E-state index in [1.165, 1.54) is 11.1 Å². The maximum absolute atomic E-state index is 5.80. The summed E-state index contributed by atoms with van der Waals surface area (Å²) in [6, 6.07) is 10.3. The van der Waals surface area contributed by atoms with E-state index in [4.69, 9.17) is 4.74 Å². The van der Waals surface area contributed by atoms with Gasteiger partial charge in [-0.3, -0.25) is 4.98 Å². The molecule has 3 heteroatoms. The lowest BCUT2D eigenvalue weighted by atomic mass is 10.1. The van der Waals surface area contributed by atoms with E-state index in [9.17, 15) is 0 Å². The topological polar surface area (TPSA) is 34.1 Å². The quantitative estimate of drug-likeness (QED) is 0.904. The van der Waals surface area contributed by atoms with Crippen molar-refractivity contribution in [3.05, 3.63) is 53.3 Å². The van der Waals surface area contributed by atoms with Crippen molar-refractivity contribution in [2.45, 2.75) is 26.8 Å². The number of aromatic nitrogens is 1. The zero-order chi connectivity index (χ0) is 13.8. The molecule has 1 N–H and O–H groups in total. The monoisotopic (exact) mass is 256 g/mol. The summed E-state index contributed by atoms with van der Waals surface area (Å²) >= 11 is 0. The van der Waals surface area contributed by atoms with Gasteiger partial charge in [0.2, 0.25) is 0 Å². The van der Waals surface area contributed by atoms with E-state index in [1.54, 1.807) is 6.20 Å². The van der Waals surface area contributed by atoms with Crippen molar-refractivity contribution in [1.82, 2.24) is 10.3 Å². The standard InChI is InChI=1S/C16H20N2O/c1-11-5-6-14(9-12(11)2)19-15-7-8-16(18-10-15)13(3)17-4/h5-10,13,17H,1-4H3. The van der Waals surface area contributed by atoms with Crippen LogP contribution in [0.25, 0.3) is 0 Å². The lowest BCUT2D eigenvalue weighted by molar-refractivity contribution is 0.478. The maximum Gasteiger partial charge on any atom is 0.145 e. The number of rotatable bonds is 4. The average Bonchev–Trinajstić information content (AvgIpc) is 2.43. The second-order valence-electron chi connectivity index (χ2n) is 4.78. The van der Waals surface area contributed by atoms with Crippen LogP contribution in [0, 0.1) is 13.8 Å². The van der Waals surface area contributed by atoms with Crippen LogP contribution in [-0.2, 0) is 0 Å². The van der Waals surface area contributed by atoms with Crippen LogP contribution in [0.2, 0.25) is 0 Å². The molecule has 0 amide bonds. The van der Waals surface area contributed by atoms with E-state index < -0.39 is 0 Å². The molecule has 1 aromatic carbocycles. The molecule has 1 aromatic heterocycles. The Kier molecular flexibility index (Phi) is 4.17. The third-order valence-electron chi connectivity index (χ3n) is 3.35. The first-order chi connectivity index (χ1) is 9.10. The van der Waals surface area contributed by atoms with Crippen LogP contribution >= 0.6 is 0 Å². The Labute approximate surface area is 114 Å². The Morgan fingerprint density at radius 2 is 1.79 bits per heavy atom. The van der Waals surface area contributed by atoms with Gasteiger partial charge in [-0.2, -0.15) is 0 Å². The van der Waals surface area contributed by atoms with E-state index in [0.29, 0.717) is 0 Å². The first-order valence-electron chi connectivity index (χ1n) is 6.48. The highest BCUT2D eigenvalue weighted by Crippen LogP contribution is 2.23. The molecule has 1 heterocycles. The average molecular weight is 256 g/mol. The molecule has 0 aliphatic carbocycles. The molecule has 2 rings (SSSR count). The zero-order valence-electron chi connectivity index (χ0n) is 11.9. The summed E-state index contributed by atoms with van der Waals surface area (Å²) in [5, 5.41) is 3.16. The van der Waals surface area contributed by atoms with Crippen molar-refractivity contribution in [1.29, 1.82) is 0 Å². The van der Waals surface area contributed by atoms with Gasteiger partial charge in [-0.05, 0) is 63.2 Å². The first-order valence-corrected chi connectivity index (χ1v) is 6.48. The Morgan fingerprint density at radius 3 is 2.37 bits per heavy atom. The van der Waals surface area contributed by atoms with E-state index >= 15 is 0 Å². The molecule has 0 saturated heterocycles. The summed E-state index contributed by atoms with van der Waals surface area (Å²) in [6.07, 6.45) is 1.76. The van der Waals surface area contributed by atoms with E-state index in [0.717, 1.165) is 17.2 Å². The van der Waals surface area contributed by atoms with Crippen LogP contribution < -0.4 is 10.1 Å². The molecule has 0 fully saturated rings. The number of nitrogens with one attached hydrogen (secondary N) is 1. The van der Waals surface area contributed by atoms with Crippen LogP contribution in [0.5, 0.6) is 11.5 Å². The summed E-state index contributed by atoms with van der Waals surface area (Å²) < 4.78 is 5.80. The van der Waals surface area contributed by atoms with Crippen molar-refractivity contribution in [2.24, 2.45) is 0 Å². The number of benzene rings is 1. The fourth-order valence-corrected chi connectivity index (χ4v) is 1.77. The molecule has 2 aromatic rings. The molecular formula is C16H20N2O. The second-order valence-corrected chi connectivity index (χ2v) is 4.78. The normalized spacial score (nSPS) is 12.2. The molecule has 19 heavy (non-hydrogen) atoms. The van der Waals surface area contributed by atoms with Crippen LogP contribution in [0.15, 0.2) is 36.5 Å². The maximum atomic E-state index is 5.80. The summed E-state index contributed by atoms with van der Waals surface area (Å²) in [5.74, 6) is 1.61. The molecule has 0 saturated carbocycles. The first kappa shape index (κ1) is 13.6. The summed E-state index contributed by atoms with van der Waals surface area (Å²) in [7, 11) is 1.92. The Morgan fingerprint density at radius 1 is 1.05 bits per heavy atom. The molecular weight excluding hydrogens is 236 g/mol. The molecule has 0 aliphatic heterocycles. The van der Waals surface area contributed by atoms with Gasteiger partial charge in [-0.1, -0.05) is 6.07 Å². The summed E-state index contributed by atoms with van der Waals surface area (Å²) in [4.78, 5) is 4.40. The van der Waals surface area contributed by atoms with Crippen molar-refractivity contribution in [2.75, 3.05) is 7.05 Å². The van der Waals surface area contributed by atoms with Gasteiger partial charge in [-0.15, -0.1) is 0 Å². The number of aryl methyl sites for hydroxylation is 2. The number of hydrogen-bond donors (Lipinski definition) is 1. The number of nitrogens with zero attached hydrogens (tertiary/aromatic N) is 1. The predicted octanol–water partition coefficient (Wildman–Crippen LogP) is 3.77. The lowest BCUT2D eigenvalue weighted by Gasteiger charge is -2.11. The second kappa shape index (κ2) is 5.85. The van der Waals surface area contributed by atoms with E-state index in [1.807, 2.05) is 31.3 Å². The van der Waals surface area contributed by atoms with E-state index in [2.05, 4.69) is 37.1 Å². The lowest BCUT2D eigenvalue weighted by Crippen LogP contribution is -2.13. The largest absolute Gasteiger partial charge is 0.456 e. The summed E-state index contributed by atoms with van der Waals surface area (Å²) in [6.45, 7) is 6.25. The predicted molar refractivity (Wildman–Crippen MR) is 77.7 cm³/mol. The van der Waals surface area contributed by atoms with Gasteiger partial charge < -0.3 is 10.1 Å². The van der Waals surface area contributed by atoms with Crippen molar-refractivity contribution in [3.63, 3.8) is 0 Å². The molecule has 3 nitrogen and oxygen atoms in total. The minimum atomic E-state index is 0.246. The van der Waals surface area contributed by atoms with Gasteiger partial charge in [0.05, 0.1) is 11.9 Å². The minimum absolute atomic E-state index is 0.246. The van der Waals surface area contributed by atoms with Gasteiger partial charge in [0.1, 0.15) is 11.5 Å². The number of ether oxygens (including phenoxy) is 1. The molecule has 1 atom stereocenters. The summed E-state index contributed by atoms with van der Waals surface area (Å²) in [5.41, 5.74) is 3.50. The number of hydrogen-bond acceptors (Lipinski definition) is 3. The Bertz CT molecular complexity index is 549. The van der Waals surface area contributed by atoms with Gasteiger partial charge >= 0.3 is 0 Å². The fourth-order valence-electron chi connectivity index (χ4n) is 1.77. The number of pyridine rings is 1. The van der Waals surface area contributed by atoms with Gasteiger partial charge in [-0.25, -0.2) is 0 Å². The Hall–Kier alpha value is -1.87. The van der Waals surface area contributed by atoms with E-state index in [-0.39, 0.29) is 6.04 Å². The highest BCUT2D eigenvalue weighted by molar-refractivity contribution is 5.36. The third-order valence-corrected chi connectivity index (χ3v) is 3.35. The van der Waals surface area contributed by atoms with Gasteiger partial charge in [0, 0.05) is 6.04 Å². The van der Waals surface area contributed by atoms with Crippen molar-refractivity contribution < 1.29 is 4.74 Å². The Balaban J connectivity index is 2.12. The van der Waals surface area contributed by atoms with Crippen LogP contribution in [-0.4, -0.2) is 12.0 Å². The smallest absolute Gasteiger partial charge is 0.145 e. The molecule has 0 aliphatic rings. The molecule has 0 spiro atoms. The third kappa shape index (κ3) is 3.32. The zero-order valence-corrected chi connectivity index (χ0v) is 11.9. The van der Waals surface area contributed by atoms with Gasteiger partial charge in [0.15, 0.2) is 0 Å². The molecule has 1 unspecified atom stereocenters. The van der Waals surface area contributed by atoms with Crippen molar-refractivity contribution in [3.8, 4) is 11.5 Å². The molecule has 0 bridgehead atoms. The van der Waals surface area contributed by atoms with Crippen LogP contribution in [0.4, 0.5) is 0 Å². The molecule has 100 valence electrons. The molecule has 0 radical (unpaired) electrons. The van der Waals surface area contributed by atoms with Crippen LogP contribution in [0.3, 0.4) is 0 Å². The minimum Gasteiger partial charge on any atom is -0.456 e. The fraction of sp³-hybridized carbons (Fsp3) is 0.312. The van der Waals surface area contributed by atoms with Crippen molar-refractivity contribution >= 4 is 0 Å². The highest BCUT2D eigenvalue weighted by atomic mass is 16.5.